The predicted molar refractivity (Wildman–Crippen MR) is 85.6 cm³/mol. The highest BCUT2D eigenvalue weighted by Gasteiger charge is 2.35. The van der Waals surface area contributed by atoms with Gasteiger partial charge in [0.05, 0.1) is 10.9 Å². The molecular weight excluding hydrogens is 352 g/mol. The fourth-order valence-electron chi connectivity index (χ4n) is 2.91. The maximum absolute atomic E-state index is 12.9. The highest BCUT2D eigenvalue weighted by Crippen LogP contribution is 2.34. The number of aromatic nitrogens is 1. The van der Waals surface area contributed by atoms with Gasteiger partial charge in [-0.25, -0.2) is 8.42 Å². The first-order valence-electron chi connectivity index (χ1n) is 6.85. The van der Waals surface area contributed by atoms with E-state index in [1.165, 1.54) is 5.69 Å². The van der Waals surface area contributed by atoms with Crippen molar-refractivity contribution in [3.63, 3.8) is 0 Å². The van der Waals surface area contributed by atoms with E-state index in [0.29, 0.717) is 22.5 Å². The fourth-order valence-corrected chi connectivity index (χ4v) is 5.47. The molecule has 0 radical (unpaired) electrons. The number of hydrogen-bond donors (Lipinski definition) is 0. The third-order valence-corrected chi connectivity index (χ3v) is 7.04. The Morgan fingerprint density at radius 2 is 1.86 bits per heavy atom. The van der Waals surface area contributed by atoms with Gasteiger partial charge >= 0.3 is 0 Å². The second-order valence-corrected chi connectivity index (χ2v) is 7.99. The van der Waals surface area contributed by atoms with Gasteiger partial charge in [-0.2, -0.15) is 4.31 Å². The average molecular weight is 369 g/mol. The largest absolute Gasteiger partial charge is 0.346 e. The molecular formula is C15H17BrN2O2S. The Labute approximate surface area is 133 Å². The summed E-state index contributed by atoms with van der Waals surface area (Å²) >= 11 is 3.34. The minimum absolute atomic E-state index is 0.162. The highest BCUT2D eigenvalue weighted by atomic mass is 79.9. The number of halogens is 1. The molecule has 0 N–H and O–H groups in total. The molecule has 1 atom stereocenters. The number of aryl methyl sites for hydroxylation is 1. The topological polar surface area (TPSA) is 42.3 Å². The molecule has 3 rings (SSSR count). The number of rotatable bonds is 2. The van der Waals surface area contributed by atoms with Crippen LogP contribution < -0.4 is 0 Å². The van der Waals surface area contributed by atoms with Crippen LogP contribution in [0, 0.1) is 6.92 Å². The van der Waals surface area contributed by atoms with Gasteiger partial charge in [-0.05, 0) is 54.0 Å². The van der Waals surface area contributed by atoms with E-state index < -0.39 is 10.0 Å². The summed E-state index contributed by atoms with van der Waals surface area (Å²) in [6, 6.07) is 10.9. The lowest BCUT2D eigenvalue weighted by Crippen LogP contribution is -2.41. The SMILES string of the molecule is Cc1ccc2n1CCN(S(=O)(=O)c1ccccc1Br)C2C. The van der Waals surface area contributed by atoms with E-state index >= 15 is 0 Å². The first kappa shape index (κ1) is 14.8. The van der Waals surface area contributed by atoms with Gasteiger partial charge in [0.25, 0.3) is 0 Å². The first-order valence-corrected chi connectivity index (χ1v) is 9.08. The average Bonchev–Trinajstić information content (AvgIpc) is 2.82. The molecule has 0 aliphatic carbocycles. The van der Waals surface area contributed by atoms with Crippen LogP contribution >= 0.6 is 15.9 Å². The molecule has 1 unspecified atom stereocenters. The summed E-state index contributed by atoms with van der Waals surface area (Å²) in [4.78, 5) is 0.327. The lowest BCUT2D eigenvalue weighted by atomic mass is 10.2. The minimum Gasteiger partial charge on any atom is -0.346 e. The van der Waals surface area contributed by atoms with Crippen LogP contribution in [0.25, 0.3) is 0 Å². The van der Waals surface area contributed by atoms with E-state index in [2.05, 4.69) is 20.5 Å². The molecule has 0 bridgehead atoms. The molecule has 1 aromatic heterocycles. The van der Waals surface area contributed by atoms with Gasteiger partial charge in [0.15, 0.2) is 0 Å². The number of sulfonamides is 1. The van der Waals surface area contributed by atoms with Gasteiger partial charge in [-0.3, -0.25) is 0 Å². The summed E-state index contributed by atoms with van der Waals surface area (Å²) in [6.45, 7) is 5.18. The van der Waals surface area contributed by atoms with E-state index in [4.69, 9.17) is 0 Å². The molecule has 0 saturated carbocycles. The Hall–Kier alpha value is -1.11. The molecule has 2 heterocycles. The summed E-state index contributed by atoms with van der Waals surface area (Å²) in [5.74, 6) is 0. The maximum Gasteiger partial charge on any atom is 0.244 e. The number of hydrogen-bond acceptors (Lipinski definition) is 2. The Kier molecular flexibility index (Phi) is 3.71. The molecule has 0 saturated heterocycles. The normalized spacial score (nSPS) is 19.5. The lowest BCUT2D eigenvalue weighted by molar-refractivity contribution is 0.280. The number of benzene rings is 1. The van der Waals surface area contributed by atoms with Crippen LogP contribution in [0.3, 0.4) is 0 Å². The lowest BCUT2D eigenvalue weighted by Gasteiger charge is -2.34. The van der Waals surface area contributed by atoms with Crippen molar-refractivity contribution < 1.29 is 8.42 Å². The van der Waals surface area contributed by atoms with Crippen molar-refractivity contribution >= 4 is 26.0 Å². The molecule has 1 aliphatic heterocycles. The van der Waals surface area contributed by atoms with Gasteiger partial charge in [-0.15, -0.1) is 0 Å². The Morgan fingerprint density at radius 3 is 2.57 bits per heavy atom. The van der Waals surface area contributed by atoms with Crippen LogP contribution in [0.1, 0.15) is 24.4 Å². The van der Waals surface area contributed by atoms with E-state index in [0.717, 1.165) is 5.69 Å². The van der Waals surface area contributed by atoms with E-state index in [1.54, 1.807) is 22.5 Å². The highest BCUT2D eigenvalue weighted by molar-refractivity contribution is 9.10. The van der Waals surface area contributed by atoms with Crippen LogP contribution in [-0.4, -0.2) is 23.8 Å². The molecule has 0 spiro atoms. The van der Waals surface area contributed by atoms with Gasteiger partial charge in [0, 0.05) is 29.0 Å². The maximum atomic E-state index is 12.9. The molecule has 1 aliphatic rings. The van der Waals surface area contributed by atoms with Crippen molar-refractivity contribution in [2.24, 2.45) is 0 Å². The third-order valence-electron chi connectivity index (χ3n) is 4.06. The zero-order valence-corrected chi connectivity index (χ0v) is 14.4. The summed E-state index contributed by atoms with van der Waals surface area (Å²) in [5, 5.41) is 0. The molecule has 0 fully saturated rings. The minimum atomic E-state index is -3.50. The van der Waals surface area contributed by atoms with Crippen LogP contribution in [0.4, 0.5) is 0 Å². The standard InChI is InChI=1S/C15H17BrN2O2S/c1-11-7-8-14-12(2)18(10-9-17(11)14)21(19,20)15-6-4-3-5-13(15)16/h3-8,12H,9-10H2,1-2H3. The smallest absolute Gasteiger partial charge is 0.244 e. The van der Waals surface area contributed by atoms with Gasteiger partial charge in [0.2, 0.25) is 10.0 Å². The van der Waals surface area contributed by atoms with E-state index in [1.807, 2.05) is 32.0 Å². The van der Waals surface area contributed by atoms with Gasteiger partial charge in [-0.1, -0.05) is 12.1 Å². The van der Waals surface area contributed by atoms with Crippen molar-refractivity contribution in [2.75, 3.05) is 6.54 Å². The first-order chi connectivity index (χ1) is 9.93. The van der Waals surface area contributed by atoms with Crippen LogP contribution in [-0.2, 0) is 16.6 Å². The van der Waals surface area contributed by atoms with Crippen LogP contribution in [0.5, 0.6) is 0 Å². The summed E-state index contributed by atoms with van der Waals surface area (Å²) in [5.41, 5.74) is 2.23. The zero-order valence-electron chi connectivity index (χ0n) is 12.0. The van der Waals surface area contributed by atoms with Crippen LogP contribution in [0.2, 0.25) is 0 Å². The second-order valence-electron chi connectivity index (χ2n) is 5.27. The molecule has 2 aromatic rings. The third kappa shape index (κ3) is 2.35. The summed E-state index contributed by atoms with van der Waals surface area (Å²) in [7, 11) is -3.50. The molecule has 1 aromatic carbocycles. The molecule has 6 heteroatoms. The Bertz CT molecular complexity index is 783. The summed E-state index contributed by atoms with van der Waals surface area (Å²) < 4.78 is 30.2. The van der Waals surface area contributed by atoms with E-state index in [-0.39, 0.29) is 6.04 Å². The van der Waals surface area contributed by atoms with Crippen molar-refractivity contribution in [3.8, 4) is 0 Å². The predicted octanol–water partition coefficient (Wildman–Crippen LogP) is 3.32. The quantitative estimate of drug-likeness (QED) is 0.815. The van der Waals surface area contributed by atoms with Crippen molar-refractivity contribution in [1.82, 2.24) is 8.87 Å². The summed E-state index contributed by atoms with van der Waals surface area (Å²) in [6.07, 6.45) is 0. The molecule has 21 heavy (non-hydrogen) atoms. The Balaban J connectivity index is 2.04. The van der Waals surface area contributed by atoms with Gasteiger partial charge < -0.3 is 4.57 Å². The zero-order chi connectivity index (χ0) is 15.2. The van der Waals surface area contributed by atoms with Crippen LogP contribution in [0.15, 0.2) is 45.8 Å². The fraction of sp³-hybridized carbons (Fsp3) is 0.333. The molecule has 4 nitrogen and oxygen atoms in total. The van der Waals surface area contributed by atoms with Gasteiger partial charge in [0.1, 0.15) is 0 Å². The number of nitrogens with zero attached hydrogens (tertiary/aromatic N) is 2. The van der Waals surface area contributed by atoms with Crippen molar-refractivity contribution in [2.45, 2.75) is 31.3 Å². The van der Waals surface area contributed by atoms with E-state index in [9.17, 15) is 8.42 Å². The molecule has 112 valence electrons. The van der Waals surface area contributed by atoms with Crippen molar-refractivity contribution in [3.05, 3.63) is 52.3 Å². The monoisotopic (exact) mass is 368 g/mol. The molecule has 0 amide bonds. The van der Waals surface area contributed by atoms with Crippen molar-refractivity contribution in [1.29, 1.82) is 0 Å². The second kappa shape index (κ2) is 5.26. The number of fused-ring (bicyclic) bond motifs is 1. The Morgan fingerprint density at radius 1 is 1.14 bits per heavy atom.